The van der Waals surface area contributed by atoms with E-state index >= 15 is 0 Å². The third-order valence-electron chi connectivity index (χ3n) is 4.06. The van der Waals surface area contributed by atoms with E-state index in [0.717, 1.165) is 15.9 Å². The highest BCUT2D eigenvalue weighted by molar-refractivity contribution is 7.54. The third kappa shape index (κ3) is 2.91. The van der Waals surface area contributed by atoms with E-state index in [2.05, 4.69) is 0 Å². The fraction of sp³-hybridized carbons (Fsp3) is 0.167. The molecule has 2 aromatic carbocycles. The zero-order valence-electron chi connectivity index (χ0n) is 12.7. The van der Waals surface area contributed by atoms with Crippen LogP contribution in [0.4, 0.5) is 0 Å². The van der Waals surface area contributed by atoms with Crippen molar-refractivity contribution in [2.75, 3.05) is 0 Å². The summed E-state index contributed by atoms with van der Waals surface area (Å²) in [7, 11) is -1.42. The Labute approximate surface area is 138 Å². The van der Waals surface area contributed by atoms with Gasteiger partial charge in [0.1, 0.15) is 0 Å². The quantitative estimate of drug-likeness (QED) is 0.692. The molecule has 0 bridgehead atoms. The van der Waals surface area contributed by atoms with Gasteiger partial charge in [-0.05, 0) is 10.8 Å². The summed E-state index contributed by atoms with van der Waals surface area (Å²) in [6.45, 7) is 0. The molecule has 1 heterocycles. The predicted octanol–water partition coefficient (Wildman–Crippen LogP) is 3.52. The molecule has 2 N–H and O–H groups in total. The number of aliphatic carboxylic acids is 2. The van der Waals surface area contributed by atoms with Crippen molar-refractivity contribution in [1.82, 2.24) is 0 Å². The summed E-state index contributed by atoms with van der Waals surface area (Å²) in [6, 6.07) is 14.7. The molecule has 3 rings (SSSR count). The Morgan fingerprint density at radius 3 is 2.12 bits per heavy atom. The Morgan fingerprint density at radius 2 is 1.50 bits per heavy atom. The largest absolute Gasteiger partial charge is 0.481 e. The van der Waals surface area contributed by atoms with Crippen LogP contribution in [0.3, 0.4) is 0 Å². The summed E-state index contributed by atoms with van der Waals surface area (Å²) < 4.78 is 0. The molecule has 2 atom stereocenters. The van der Waals surface area contributed by atoms with Gasteiger partial charge in [0.25, 0.3) is 0 Å². The number of carboxylic acids is 2. The van der Waals surface area contributed by atoms with Gasteiger partial charge in [0.05, 0.1) is 12.3 Å². The molecule has 2 unspecified atom stereocenters. The minimum absolute atomic E-state index is 0.0428. The average Bonchev–Trinajstić information content (AvgIpc) is 2.57. The third-order valence-corrected chi connectivity index (χ3v) is 6.57. The van der Waals surface area contributed by atoms with Gasteiger partial charge in [-0.25, -0.2) is 0 Å². The lowest BCUT2D eigenvalue weighted by Gasteiger charge is -2.14. The molecule has 6 heteroatoms. The van der Waals surface area contributed by atoms with Crippen molar-refractivity contribution in [1.29, 1.82) is 0 Å². The average molecular weight is 342 g/mol. The summed E-state index contributed by atoms with van der Waals surface area (Å²) in [4.78, 5) is 35.3. The molecule has 5 nitrogen and oxygen atoms in total. The fourth-order valence-electron chi connectivity index (χ4n) is 2.94. The number of carboxylic acid groups (broad SMARTS) is 2. The maximum Gasteiger partial charge on any atom is 0.307 e. The van der Waals surface area contributed by atoms with E-state index in [9.17, 15) is 19.5 Å². The van der Waals surface area contributed by atoms with Gasteiger partial charge in [0, 0.05) is 16.7 Å². The Hall–Kier alpha value is -2.65. The first-order valence-corrected chi connectivity index (χ1v) is 8.96. The molecule has 1 aromatic heterocycles. The van der Waals surface area contributed by atoms with Crippen LogP contribution >= 0.6 is 7.53 Å². The van der Waals surface area contributed by atoms with E-state index in [0.29, 0.717) is 5.39 Å². The van der Waals surface area contributed by atoms with E-state index < -0.39 is 31.8 Å². The predicted molar refractivity (Wildman–Crippen MR) is 93.8 cm³/mol. The van der Waals surface area contributed by atoms with E-state index in [4.69, 9.17) is 5.11 Å². The van der Waals surface area contributed by atoms with Crippen molar-refractivity contribution < 1.29 is 19.8 Å². The summed E-state index contributed by atoms with van der Waals surface area (Å²) in [5, 5.41) is 21.4. The Balaban J connectivity index is 2.26. The smallest absolute Gasteiger partial charge is 0.307 e. The summed E-state index contributed by atoms with van der Waals surface area (Å²) in [5.74, 6) is -3.42. The standard InChI is InChI=1S/C18H15O5P/c19-16(20)9-11(17(21)22)10-24-15-8-4-3-6-13(15)12-5-1-2-7-14(12)18(24)23/h1-8,11H,9-10H2,(H,19,20)(H,21,22). The highest BCUT2D eigenvalue weighted by Gasteiger charge is 2.24. The Morgan fingerprint density at radius 1 is 0.917 bits per heavy atom. The van der Waals surface area contributed by atoms with Gasteiger partial charge in [0.2, 0.25) is 5.16 Å². The van der Waals surface area contributed by atoms with Crippen molar-refractivity contribution in [3.05, 3.63) is 58.5 Å². The number of benzene rings is 2. The molecular formula is C18H15O5P. The molecule has 0 aliphatic carbocycles. The van der Waals surface area contributed by atoms with Crippen molar-refractivity contribution in [3.63, 3.8) is 0 Å². The fourth-order valence-corrected chi connectivity index (χ4v) is 5.48. The molecule has 0 aliphatic heterocycles. The molecule has 0 aliphatic rings. The maximum absolute atomic E-state index is 12.9. The molecule has 0 fully saturated rings. The van der Waals surface area contributed by atoms with Crippen molar-refractivity contribution in [2.45, 2.75) is 12.6 Å². The Kier molecular flexibility index (Phi) is 4.36. The SMILES string of the molecule is O=C(O)CC(Cp1c(=O)c2ccccc2c2ccccc21)C(=O)O. The molecule has 3 aromatic rings. The minimum atomic E-state index is -1.42. The van der Waals surface area contributed by atoms with Crippen LogP contribution in [-0.2, 0) is 15.8 Å². The van der Waals surface area contributed by atoms with Crippen LogP contribution in [0.2, 0.25) is 0 Å². The first-order valence-electron chi connectivity index (χ1n) is 7.44. The van der Waals surface area contributed by atoms with Crippen molar-refractivity contribution >= 4 is 40.7 Å². The number of fused-ring (bicyclic) bond motifs is 3. The topological polar surface area (TPSA) is 91.7 Å². The lowest BCUT2D eigenvalue weighted by atomic mass is 10.1. The van der Waals surface area contributed by atoms with Crippen molar-refractivity contribution in [3.8, 4) is 0 Å². The minimum Gasteiger partial charge on any atom is -0.481 e. The van der Waals surface area contributed by atoms with E-state index in [1.807, 2.05) is 36.4 Å². The van der Waals surface area contributed by atoms with Gasteiger partial charge in [0.15, 0.2) is 0 Å². The van der Waals surface area contributed by atoms with Crippen LogP contribution < -0.4 is 5.16 Å². The first kappa shape index (κ1) is 16.2. The molecule has 0 amide bonds. The highest BCUT2D eigenvalue weighted by Crippen LogP contribution is 2.40. The van der Waals surface area contributed by atoms with Crippen LogP contribution in [0.25, 0.3) is 21.3 Å². The highest BCUT2D eigenvalue weighted by atomic mass is 31.1. The number of hydrogen-bond acceptors (Lipinski definition) is 3. The summed E-state index contributed by atoms with van der Waals surface area (Å²) >= 11 is 0. The molecule has 24 heavy (non-hydrogen) atoms. The second-order valence-corrected chi connectivity index (χ2v) is 7.72. The van der Waals surface area contributed by atoms with E-state index in [1.54, 1.807) is 12.1 Å². The zero-order chi connectivity index (χ0) is 17.3. The number of hydrogen-bond donors (Lipinski definition) is 2. The normalized spacial score (nSPS) is 13.1. The molecule has 0 saturated heterocycles. The maximum atomic E-state index is 12.9. The molecule has 0 spiro atoms. The molecule has 0 radical (unpaired) electrons. The molecular weight excluding hydrogens is 327 g/mol. The van der Waals surface area contributed by atoms with Crippen molar-refractivity contribution in [2.24, 2.45) is 5.92 Å². The van der Waals surface area contributed by atoms with Gasteiger partial charge >= 0.3 is 11.9 Å². The lowest BCUT2D eigenvalue weighted by molar-refractivity contribution is -0.147. The first-order chi connectivity index (χ1) is 11.5. The van der Waals surface area contributed by atoms with Crippen LogP contribution in [0.1, 0.15) is 6.42 Å². The van der Waals surface area contributed by atoms with Gasteiger partial charge in [-0.1, -0.05) is 56.1 Å². The second-order valence-electron chi connectivity index (χ2n) is 5.61. The van der Waals surface area contributed by atoms with Crippen LogP contribution in [0, 0.1) is 5.92 Å². The zero-order valence-corrected chi connectivity index (χ0v) is 13.6. The van der Waals surface area contributed by atoms with Gasteiger partial charge in [-0.2, -0.15) is 0 Å². The monoisotopic (exact) mass is 342 g/mol. The Bertz CT molecular complexity index is 1010. The lowest BCUT2D eigenvalue weighted by Crippen LogP contribution is -2.19. The van der Waals surface area contributed by atoms with Gasteiger partial charge in [-0.15, -0.1) is 0 Å². The molecule has 122 valence electrons. The summed E-state index contributed by atoms with van der Waals surface area (Å²) in [5.41, 5.74) is 0. The van der Waals surface area contributed by atoms with Crippen LogP contribution in [-0.4, -0.2) is 22.2 Å². The number of rotatable bonds is 5. The molecule has 0 saturated carbocycles. The summed E-state index contributed by atoms with van der Waals surface area (Å²) in [6.07, 6.45) is -0.438. The van der Waals surface area contributed by atoms with Crippen LogP contribution in [0.5, 0.6) is 0 Å². The van der Waals surface area contributed by atoms with E-state index in [1.165, 1.54) is 0 Å². The van der Waals surface area contributed by atoms with Gasteiger partial charge < -0.3 is 10.2 Å². The number of carbonyl (C=O) groups is 2. The second kappa shape index (κ2) is 6.46. The van der Waals surface area contributed by atoms with Crippen LogP contribution in [0.15, 0.2) is 53.3 Å². The van der Waals surface area contributed by atoms with Gasteiger partial charge in [-0.3, -0.25) is 14.4 Å². The van der Waals surface area contributed by atoms with E-state index in [-0.39, 0.29) is 11.3 Å².